The molecule has 3 amide bonds. The number of carbonyl (C=O) groups is 3. The fourth-order valence-electron chi connectivity index (χ4n) is 4.70. The van der Waals surface area contributed by atoms with Gasteiger partial charge in [-0.2, -0.15) is 8.78 Å². The minimum atomic E-state index is -3.70. The lowest BCUT2D eigenvalue weighted by molar-refractivity contribution is -0.139. The summed E-state index contributed by atoms with van der Waals surface area (Å²) in [6.45, 7) is 0. The van der Waals surface area contributed by atoms with E-state index in [4.69, 9.17) is 5.73 Å². The number of rotatable bonds is 3. The smallest absolute Gasteiger partial charge is 0.411 e. The quantitative estimate of drug-likeness (QED) is 0.225. The third-order valence-electron chi connectivity index (χ3n) is 6.86. The van der Waals surface area contributed by atoms with Gasteiger partial charge in [-0.3, -0.25) is 14.9 Å². The van der Waals surface area contributed by atoms with Crippen molar-refractivity contribution < 1.29 is 27.9 Å². The van der Waals surface area contributed by atoms with Gasteiger partial charge in [0.1, 0.15) is 5.82 Å². The van der Waals surface area contributed by atoms with Crippen LogP contribution < -0.4 is 21.7 Å². The predicted octanol–water partition coefficient (Wildman–Crippen LogP) is 4.06. The average molecular weight is 541 g/mol. The zero-order valence-corrected chi connectivity index (χ0v) is 21.4. The zero-order valence-electron chi connectivity index (χ0n) is 21.4. The maximum Gasteiger partial charge on any atom is 0.411 e. The first-order valence-corrected chi connectivity index (χ1v) is 12.6. The Labute approximate surface area is 224 Å². The van der Waals surface area contributed by atoms with Gasteiger partial charge >= 0.3 is 12.0 Å². The van der Waals surface area contributed by atoms with Crippen LogP contribution >= 0.6 is 0 Å². The molecule has 10 nitrogen and oxygen atoms in total. The van der Waals surface area contributed by atoms with Crippen LogP contribution in [-0.4, -0.2) is 40.9 Å². The number of aromatic nitrogens is 2. The fourth-order valence-corrected chi connectivity index (χ4v) is 4.70. The number of allylic oxidation sites excluding steroid dienone is 1. The van der Waals surface area contributed by atoms with Crippen molar-refractivity contribution in [2.75, 3.05) is 17.7 Å². The number of amides is 3. The molecule has 2 heterocycles. The Morgan fingerprint density at radius 1 is 1.21 bits per heavy atom. The number of imidazole rings is 1. The van der Waals surface area contributed by atoms with Gasteiger partial charge in [-0.1, -0.05) is 18.1 Å². The maximum atomic E-state index is 14.7. The summed E-state index contributed by atoms with van der Waals surface area (Å²) in [5.74, 6) is -1.96. The topological polar surface area (TPSA) is 151 Å². The van der Waals surface area contributed by atoms with E-state index in [9.17, 15) is 23.2 Å². The van der Waals surface area contributed by atoms with Crippen LogP contribution in [0.1, 0.15) is 50.4 Å². The first kappa shape index (κ1) is 27.6. The minimum absolute atomic E-state index is 0.0323. The van der Waals surface area contributed by atoms with E-state index in [1.807, 2.05) is 0 Å². The molecule has 1 fully saturated rings. The largest absolute Gasteiger partial charge is 0.453 e. The molecule has 1 aromatic carbocycles. The molecule has 2 aromatic rings. The Hall–Kier alpha value is -4.40. The minimum Gasteiger partial charge on any atom is -0.453 e. The highest BCUT2D eigenvalue weighted by atomic mass is 19.3. The molecule has 1 saturated carbocycles. The predicted molar refractivity (Wildman–Crippen MR) is 140 cm³/mol. The van der Waals surface area contributed by atoms with E-state index in [2.05, 4.69) is 42.6 Å². The molecule has 4 rings (SSSR count). The molecular formula is C27H30F2N6O4. The lowest BCUT2D eigenvalue weighted by Crippen LogP contribution is -2.36. The third-order valence-corrected chi connectivity index (χ3v) is 6.86. The fraction of sp³-hybridized carbons (Fsp3) is 0.407. The van der Waals surface area contributed by atoms with Crippen molar-refractivity contribution in [3.8, 4) is 23.2 Å². The van der Waals surface area contributed by atoms with Crippen molar-refractivity contribution >= 4 is 29.3 Å². The summed E-state index contributed by atoms with van der Waals surface area (Å²) >= 11 is 0. The first-order chi connectivity index (χ1) is 18.7. The van der Waals surface area contributed by atoms with Crippen molar-refractivity contribution in [1.29, 1.82) is 0 Å². The molecule has 1 aromatic heterocycles. The van der Waals surface area contributed by atoms with Crippen LogP contribution in [0.2, 0.25) is 0 Å². The second-order valence-corrected chi connectivity index (χ2v) is 9.53. The van der Waals surface area contributed by atoms with Crippen LogP contribution in [-0.2, 0) is 14.3 Å². The van der Waals surface area contributed by atoms with Gasteiger partial charge in [0.25, 0.3) is 5.91 Å². The van der Waals surface area contributed by atoms with Crippen molar-refractivity contribution in [1.82, 2.24) is 15.3 Å². The van der Waals surface area contributed by atoms with Crippen molar-refractivity contribution in [2.24, 2.45) is 17.6 Å². The maximum absolute atomic E-state index is 14.7. The number of hydrogen-bond donors (Lipinski definition) is 5. The Kier molecular flexibility index (Phi) is 8.49. The number of nitrogens with zero attached hydrogens (tertiary/aromatic N) is 1. The number of aromatic amines is 1. The molecule has 6 N–H and O–H groups in total. The summed E-state index contributed by atoms with van der Waals surface area (Å²) in [5.41, 5.74) is 6.37. The number of methoxy groups -OCH3 is 1. The molecule has 0 radical (unpaired) electrons. The van der Waals surface area contributed by atoms with Gasteiger partial charge in [-0.15, -0.1) is 0 Å². The van der Waals surface area contributed by atoms with Gasteiger partial charge in [-0.05, 0) is 50.3 Å². The van der Waals surface area contributed by atoms with Gasteiger partial charge in [-0.25, -0.2) is 9.78 Å². The molecule has 39 heavy (non-hydrogen) atoms. The molecule has 1 atom stereocenters. The van der Waals surface area contributed by atoms with Crippen molar-refractivity contribution in [2.45, 2.75) is 50.5 Å². The monoisotopic (exact) mass is 540 g/mol. The average Bonchev–Trinajstić information content (AvgIpc) is 3.40. The number of halogens is 2. The number of H-pyrrole nitrogens is 1. The van der Waals surface area contributed by atoms with Gasteiger partial charge in [0.05, 0.1) is 30.7 Å². The number of ether oxygens (including phenoxy) is 1. The summed E-state index contributed by atoms with van der Waals surface area (Å²) in [5, 5.41) is 7.73. The van der Waals surface area contributed by atoms with E-state index >= 15 is 0 Å². The van der Waals surface area contributed by atoms with Crippen LogP contribution in [0.5, 0.6) is 0 Å². The zero-order chi connectivity index (χ0) is 28.0. The van der Waals surface area contributed by atoms with Crippen LogP contribution in [0.25, 0.3) is 11.3 Å². The molecule has 0 unspecified atom stereocenters. The van der Waals surface area contributed by atoms with Crippen molar-refractivity contribution in [3.05, 3.63) is 42.4 Å². The van der Waals surface area contributed by atoms with Crippen LogP contribution in [0.3, 0.4) is 0 Å². The lowest BCUT2D eigenvalue weighted by atomic mass is 9.82. The van der Waals surface area contributed by atoms with E-state index < -0.39 is 30.4 Å². The summed E-state index contributed by atoms with van der Waals surface area (Å²) in [4.78, 5) is 44.8. The standard InChI is InChI=1S/C27H30F2N6O4/c1-39-26(38)32-18-9-10-19-21(14-18)35-25(37)27(28,29)12-3-2-4-20(23-31-15-22(19)33-23)34-24(36)17-7-5-16(6-8-17)11-13-30/h2-3,9-10,14-17,20H,4-8,12,30H2,1H3,(H,31,33)(H,32,38)(H,34,36)(H,35,37)/b3-2+/t16?,17?,20-/m0/s1. The van der Waals surface area contributed by atoms with E-state index in [-0.39, 0.29) is 35.5 Å². The molecule has 1 aliphatic carbocycles. The molecule has 0 saturated heterocycles. The molecule has 12 heteroatoms. The molecule has 2 aliphatic rings. The summed E-state index contributed by atoms with van der Waals surface area (Å²) in [7, 11) is 1.19. The second kappa shape index (κ2) is 12.0. The second-order valence-electron chi connectivity index (χ2n) is 9.53. The molecular weight excluding hydrogens is 510 g/mol. The summed E-state index contributed by atoms with van der Waals surface area (Å²) in [6.07, 6.45) is 5.72. The highest BCUT2D eigenvalue weighted by Gasteiger charge is 2.38. The van der Waals surface area contributed by atoms with Crippen LogP contribution in [0.4, 0.5) is 25.0 Å². The summed E-state index contributed by atoms with van der Waals surface area (Å²) < 4.78 is 33.9. The SMILES string of the molecule is COC(=O)Nc1ccc2c(c1)NC(=O)C(F)(F)C/C=C/C[C@H](NC(=O)C1CCC(C#CN)CC1)c1ncc-2[nH]1. The number of hydrogen-bond acceptors (Lipinski definition) is 6. The van der Waals surface area contributed by atoms with Crippen LogP contribution in [0.15, 0.2) is 36.5 Å². The van der Waals surface area contributed by atoms with E-state index in [0.29, 0.717) is 29.9 Å². The number of anilines is 2. The number of benzene rings is 1. The highest BCUT2D eigenvalue weighted by Crippen LogP contribution is 2.34. The van der Waals surface area contributed by atoms with E-state index in [1.54, 1.807) is 6.07 Å². The van der Waals surface area contributed by atoms with Crippen LogP contribution in [0, 0.1) is 23.8 Å². The Bertz CT molecular complexity index is 1320. The van der Waals surface area contributed by atoms with Gasteiger partial charge < -0.3 is 26.1 Å². The van der Waals surface area contributed by atoms with Gasteiger partial charge in [0.2, 0.25) is 5.91 Å². The number of fused-ring (bicyclic) bond motifs is 4. The first-order valence-electron chi connectivity index (χ1n) is 12.6. The van der Waals surface area contributed by atoms with Gasteiger partial charge in [0, 0.05) is 35.6 Å². The van der Waals surface area contributed by atoms with Gasteiger partial charge in [0.15, 0.2) is 0 Å². The number of alkyl halides is 2. The normalized spacial score (nSPS) is 23.2. The molecule has 0 spiro atoms. The molecule has 2 bridgehead atoms. The number of carbonyl (C=O) groups excluding carboxylic acids is 3. The lowest BCUT2D eigenvalue weighted by Gasteiger charge is -2.26. The Balaban J connectivity index is 1.63. The van der Waals surface area contributed by atoms with E-state index in [1.165, 1.54) is 37.6 Å². The molecule has 206 valence electrons. The third kappa shape index (κ3) is 6.73. The number of nitrogens with one attached hydrogen (secondary N) is 4. The highest BCUT2D eigenvalue weighted by molar-refractivity contribution is 6.00. The Morgan fingerprint density at radius 2 is 1.97 bits per heavy atom. The summed E-state index contributed by atoms with van der Waals surface area (Å²) in [6, 6.07) is 6.26. The number of nitrogens with two attached hydrogens (primary N) is 1. The molecule has 1 aliphatic heterocycles. The Morgan fingerprint density at radius 3 is 2.69 bits per heavy atom. The van der Waals surface area contributed by atoms with Crippen molar-refractivity contribution in [3.63, 3.8) is 0 Å². The van der Waals surface area contributed by atoms with E-state index in [0.717, 1.165) is 12.8 Å².